The Morgan fingerprint density at radius 1 is 0.250 bits per heavy atom. The number of hydrogen-bond donors (Lipinski definition) is 0. The quantitative estimate of drug-likeness (QED) is 0.341. The third kappa shape index (κ3) is 229. The molecule has 0 aromatic rings. The van der Waals surface area contributed by atoms with E-state index >= 15 is 0 Å². The summed E-state index contributed by atoms with van der Waals surface area (Å²) in [6.07, 6.45) is 0. The van der Waals surface area contributed by atoms with Gasteiger partial charge in [0, 0.05) is 58.4 Å². The van der Waals surface area contributed by atoms with Gasteiger partial charge in [-0.15, -0.1) is 0 Å². The van der Waals surface area contributed by atoms with Crippen molar-refractivity contribution in [1.29, 1.82) is 0 Å². The number of nitrogens with zero attached hydrogens (tertiary/aromatic N) is 7. The van der Waals surface area contributed by atoms with Crippen molar-refractivity contribution in [3.63, 3.8) is 0 Å². The zero-order chi connectivity index (χ0) is 0. The summed E-state index contributed by atoms with van der Waals surface area (Å²) in [7, 11) is 0. The van der Waals surface area contributed by atoms with Crippen LogP contribution in [-0.4, -0.2) is 52.1 Å². The summed E-state index contributed by atoms with van der Waals surface area (Å²) >= 11 is 0. The van der Waals surface area contributed by atoms with Crippen molar-refractivity contribution in [2.24, 2.45) is 0 Å². The Balaban J connectivity index is 0. The van der Waals surface area contributed by atoms with Gasteiger partial charge in [0.1, 0.15) is 0 Å². The van der Waals surface area contributed by atoms with Crippen LogP contribution in [-0.2, 0) is 124 Å². The molecule has 0 fully saturated rings. The van der Waals surface area contributed by atoms with Crippen LogP contribution < -0.4 is 0 Å². The van der Waals surface area contributed by atoms with Crippen LogP contribution >= 0.6 is 0 Å². The van der Waals surface area contributed by atoms with Gasteiger partial charge in [0.2, 0.25) is 0 Å². The predicted octanol–water partition coefficient (Wildman–Crippen LogP) is 0.864. The van der Waals surface area contributed by atoms with Crippen molar-refractivity contribution in [1.82, 2.24) is 0 Å². The zero-order valence-electron chi connectivity index (χ0n) is 7.36. The fourth-order valence-electron chi connectivity index (χ4n) is 0. The van der Waals surface area contributed by atoms with Crippen molar-refractivity contribution in [3.05, 3.63) is 43.1 Å². The minimum absolute atomic E-state index is 0. The first-order chi connectivity index (χ1) is 0. The second-order valence-electron chi connectivity index (χ2n) is 0. The van der Waals surface area contributed by atoms with Crippen molar-refractivity contribution < 1.29 is 124 Å². The molecule has 0 aliphatic rings. The molecule has 0 spiro atoms. The van der Waals surface area contributed by atoms with E-state index in [1.807, 2.05) is 0 Å². The molecule has 16 heteroatoms. The Labute approximate surface area is 215 Å². The van der Waals surface area contributed by atoms with Gasteiger partial charge in [0.25, 0.3) is 0 Å². The molecule has 0 aromatic carbocycles. The Kier molecular flexibility index (Phi) is 5190. The largest absolute Gasteiger partial charge is 4.00 e. The average molecular weight is 631 g/mol. The van der Waals surface area contributed by atoms with Gasteiger partial charge in [-0.05, 0) is 0 Å². The van der Waals surface area contributed by atoms with Gasteiger partial charge in [0.05, 0.1) is 0 Å². The van der Waals surface area contributed by atoms with Crippen LogP contribution in [0.2, 0.25) is 0 Å². The minimum atomic E-state index is 0. The second-order valence-corrected chi connectivity index (χ2v) is 0. The van der Waals surface area contributed by atoms with Gasteiger partial charge < -0.3 is 43.1 Å². The van der Waals surface area contributed by atoms with Gasteiger partial charge in [-0.1, -0.05) is 0 Å². The summed E-state index contributed by atoms with van der Waals surface area (Å²) in [5.74, 6) is 0. The molecule has 0 rings (SSSR count). The van der Waals surface area contributed by atoms with Gasteiger partial charge in [0.15, 0.2) is 0 Å². The second kappa shape index (κ2) is 267. The van der Waals surface area contributed by atoms with E-state index in [-0.39, 0.29) is 219 Å². The maximum absolute atomic E-state index is 0. The normalized spacial score (nSPS) is 0. The Hall–Kier alpha value is 5.33. The van der Waals surface area contributed by atoms with E-state index in [0.29, 0.717) is 0 Å². The maximum Gasteiger partial charge on any atom is 4.00 e. The van der Waals surface area contributed by atoms with E-state index in [2.05, 4.69) is 0 Å². The smallest absolute Gasteiger partial charge is 3.00 e. The molecule has 0 saturated carbocycles. The van der Waals surface area contributed by atoms with Gasteiger partial charge in [-0.25, -0.2) is 0 Å². The minimum Gasteiger partial charge on any atom is -3.00 e. The number of rotatable bonds is 0. The van der Waals surface area contributed by atoms with E-state index < -0.39 is 0 Å². The molecule has 16 heavy (non-hydrogen) atoms. The number of hydrogen-bond acceptors (Lipinski definition) is 0. The Morgan fingerprint density at radius 3 is 0.250 bits per heavy atom. The predicted molar refractivity (Wildman–Crippen MR) is 40.8 cm³/mol. The molecule has 7 nitrogen and oxygen atoms in total. The summed E-state index contributed by atoms with van der Waals surface area (Å²) in [5.41, 5.74) is 0. The van der Waals surface area contributed by atoms with Crippen molar-refractivity contribution in [3.8, 4) is 0 Å². The molecule has 0 unspecified atom stereocenters. The molecule has 0 aliphatic carbocycles. The fraction of sp³-hybridized carbons (Fsp3) is 0. The molecule has 0 aliphatic heterocycles. The molecule has 0 heterocycles. The van der Waals surface area contributed by atoms with E-state index in [4.69, 9.17) is 0 Å². The van der Waals surface area contributed by atoms with Gasteiger partial charge in [-0.2, -0.15) is 0 Å². The summed E-state index contributed by atoms with van der Waals surface area (Å²) in [5, 5.41) is 0. The molecular formula is Al3N7Rh3Ti3. The van der Waals surface area contributed by atoms with Crippen LogP contribution in [0.25, 0.3) is 43.1 Å². The average Bonchev–Trinajstić information content (AvgIpc) is 0. The van der Waals surface area contributed by atoms with Gasteiger partial charge in [-0.3, -0.25) is 0 Å². The third-order valence-electron chi connectivity index (χ3n) is 0. The van der Waals surface area contributed by atoms with Crippen LogP contribution in [0.1, 0.15) is 0 Å². The Bertz CT molecular complexity index is 30.1. The van der Waals surface area contributed by atoms with Crippen molar-refractivity contribution in [2.75, 3.05) is 0 Å². The third-order valence-corrected chi connectivity index (χ3v) is 0. The summed E-state index contributed by atoms with van der Waals surface area (Å²) < 4.78 is 0. The SMILES string of the molecule is [Al+3].[Al+3].[Al+3].[N-3].[N-3].[N-3].[N-3].[N-3].[N-3].[N-3].[Rh].[Rh].[Rh].[Ti+4].[Ti+4].[Ti+4]. The Morgan fingerprint density at radius 2 is 0.250 bits per heavy atom. The van der Waals surface area contributed by atoms with Crippen LogP contribution in [0.5, 0.6) is 0 Å². The summed E-state index contributed by atoms with van der Waals surface area (Å²) in [4.78, 5) is 0. The van der Waals surface area contributed by atoms with E-state index in [1.54, 1.807) is 0 Å². The molecule has 3 radical (unpaired) electrons. The molecule has 83 valence electrons. The zero-order valence-corrected chi connectivity index (χ0v) is 20.4. The van der Waals surface area contributed by atoms with E-state index in [1.165, 1.54) is 0 Å². The van der Waals surface area contributed by atoms with Crippen molar-refractivity contribution >= 4 is 52.1 Å². The van der Waals surface area contributed by atoms with E-state index in [9.17, 15) is 0 Å². The first kappa shape index (κ1) is 310. The molecule has 0 aromatic heterocycles. The molecule has 0 bridgehead atoms. The first-order valence-corrected chi connectivity index (χ1v) is 0. The molecule has 0 N–H and O–H groups in total. The van der Waals surface area contributed by atoms with Crippen LogP contribution in [0.4, 0.5) is 0 Å². The van der Waals surface area contributed by atoms with Crippen LogP contribution in [0.3, 0.4) is 0 Å². The van der Waals surface area contributed by atoms with E-state index in [0.717, 1.165) is 0 Å². The van der Waals surface area contributed by atoms with Crippen LogP contribution in [0, 0.1) is 0 Å². The van der Waals surface area contributed by atoms with Crippen molar-refractivity contribution in [2.45, 2.75) is 0 Å². The summed E-state index contributed by atoms with van der Waals surface area (Å²) in [6, 6.07) is 0. The summed E-state index contributed by atoms with van der Waals surface area (Å²) in [6.45, 7) is 0. The standard InChI is InChI=1S/3Al.7N.3Rh.3Ti/q3*+3;7*-3;;;;3*+4. The molecule has 0 atom stereocenters. The van der Waals surface area contributed by atoms with Crippen LogP contribution in [0.15, 0.2) is 0 Å². The van der Waals surface area contributed by atoms with Gasteiger partial charge >= 0.3 is 117 Å². The molecule has 0 saturated heterocycles. The monoisotopic (exact) mass is 632 g/mol. The molecule has 0 amide bonds. The molecular weight excluding hydrogens is 631 g/mol. The maximum atomic E-state index is 0. The first-order valence-electron chi connectivity index (χ1n) is 0. The topological polar surface area (TPSA) is 214 Å². The fourth-order valence-corrected chi connectivity index (χ4v) is 0.